The molecule has 0 bridgehead atoms. The maximum absolute atomic E-state index is 13.5. The third-order valence-electron chi connectivity index (χ3n) is 3.41. The van der Waals surface area contributed by atoms with Crippen molar-refractivity contribution in [3.63, 3.8) is 0 Å². The van der Waals surface area contributed by atoms with Crippen molar-refractivity contribution in [3.05, 3.63) is 59.2 Å². The van der Waals surface area contributed by atoms with E-state index in [-0.39, 0.29) is 6.04 Å². The number of nitrogens with one attached hydrogen (secondary N) is 1. The summed E-state index contributed by atoms with van der Waals surface area (Å²) in [5.41, 5.74) is 1.29. The molecule has 0 radical (unpaired) electrons. The normalized spacial score (nSPS) is 14.8. The molecule has 110 valence electrons. The van der Waals surface area contributed by atoms with Crippen LogP contribution in [0.15, 0.2) is 36.4 Å². The first-order chi connectivity index (χ1) is 10.2. The SMILES string of the molecule is CNC(c1cc(F)cc(F)c1)c1cccc2c1OCCO2. The van der Waals surface area contributed by atoms with Gasteiger partial charge >= 0.3 is 0 Å². The first kappa shape index (κ1) is 13.8. The number of benzene rings is 2. The molecular formula is C16H15F2NO2. The highest BCUT2D eigenvalue weighted by Gasteiger charge is 2.23. The molecule has 0 fully saturated rings. The fourth-order valence-electron chi connectivity index (χ4n) is 2.57. The first-order valence-corrected chi connectivity index (χ1v) is 6.71. The molecule has 1 aliphatic rings. The van der Waals surface area contributed by atoms with Crippen molar-refractivity contribution in [3.8, 4) is 11.5 Å². The largest absolute Gasteiger partial charge is 0.486 e. The topological polar surface area (TPSA) is 30.5 Å². The highest BCUT2D eigenvalue weighted by molar-refractivity contribution is 5.51. The summed E-state index contributed by atoms with van der Waals surface area (Å²) in [5, 5.41) is 3.07. The zero-order valence-electron chi connectivity index (χ0n) is 11.5. The zero-order valence-corrected chi connectivity index (χ0v) is 11.5. The maximum Gasteiger partial charge on any atom is 0.166 e. The second kappa shape index (κ2) is 5.69. The summed E-state index contributed by atoms with van der Waals surface area (Å²) in [5.74, 6) is 0.0584. The van der Waals surface area contributed by atoms with E-state index in [9.17, 15) is 8.78 Å². The van der Waals surface area contributed by atoms with E-state index in [4.69, 9.17) is 9.47 Å². The summed E-state index contributed by atoms with van der Waals surface area (Å²) >= 11 is 0. The van der Waals surface area contributed by atoms with Crippen molar-refractivity contribution in [2.24, 2.45) is 0 Å². The number of rotatable bonds is 3. The number of hydrogen-bond donors (Lipinski definition) is 1. The summed E-state index contributed by atoms with van der Waals surface area (Å²) in [4.78, 5) is 0. The number of fused-ring (bicyclic) bond motifs is 1. The highest BCUT2D eigenvalue weighted by atomic mass is 19.1. The van der Waals surface area contributed by atoms with Gasteiger partial charge in [-0.05, 0) is 30.8 Å². The predicted molar refractivity (Wildman–Crippen MR) is 74.7 cm³/mol. The number of ether oxygens (including phenoxy) is 2. The van der Waals surface area contributed by atoms with Crippen molar-refractivity contribution in [1.29, 1.82) is 0 Å². The van der Waals surface area contributed by atoms with Crippen LogP contribution in [0.1, 0.15) is 17.2 Å². The molecule has 0 spiro atoms. The van der Waals surface area contributed by atoms with Crippen molar-refractivity contribution in [2.45, 2.75) is 6.04 Å². The Morgan fingerprint density at radius 2 is 1.76 bits per heavy atom. The molecular weight excluding hydrogens is 276 g/mol. The minimum atomic E-state index is -0.604. The molecule has 1 unspecified atom stereocenters. The van der Waals surface area contributed by atoms with Gasteiger partial charge in [-0.3, -0.25) is 0 Å². The van der Waals surface area contributed by atoms with Gasteiger partial charge in [0.2, 0.25) is 0 Å². The lowest BCUT2D eigenvalue weighted by Crippen LogP contribution is -2.22. The number of hydrogen-bond acceptors (Lipinski definition) is 3. The Balaban J connectivity index is 2.08. The van der Waals surface area contributed by atoms with Crippen LogP contribution in [0.3, 0.4) is 0 Å². The van der Waals surface area contributed by atoms with Gasteiger partial charge in [0.05, 0.1) is 6.04 Å². The molecule has 2 aromatic rings. The first-order valence-electron chi connectivity index (χ1n) is 6.71. The van der Waals surface area contributed by atoms with Crippen LogP contribution in [0, 0.1) is 11.6 Å². The molecule has 0 saturated heterocycles. The van der Waals surface area contributed by atoms with Crippen LogP contribution < -0.4 is 14.8 Å². The monoisotopic (exact) mass is 291 g/mol. The highest BCUT2D eigenvalue weighted by Crippen LogP contribution is 2.39. The van der Waals surface area contributed by atoms with E-state index in [1.54, 1.807) is 7.05 Å². The van der Waals surface area contributed by atoms with Gasteiger partial charge in [-0.25, -0.2) is 8.78 Å². The second-order valence-electron chi connectivity index (χ2n) is 4.80. The number of halogens is 2. The lowest BCUT2D eigenvalue weighted by Gasteiger charge is -2.25. The molecule has 5 heteroatoms. The zero-order chi connectivity index (χ0) is 14.8. The lowest BCUT2D eigenvalue weighted by molar-refractivity contribution is 0.169. The molecule has 1 N–H and O–H groups in total. The van der Waals surface area contributed by atoms with E-state index in [0.717, 1.165) is 11.6 Å². The summed E-state index contributed by atoms with van der Waals surface area (Å²) in [6.07, 6.45) is 0. The van der Waals surface area contributed by atoms with Crippen LogP contribution in [-0.4, -0.2) is 20.3 Å². The standard InChI is InChI=1S/C16H15F2NO2/c1-19-15(10-7-11(17)9-12(18)8-10)13-3-2-4-14-16(13)21-6-5-20-14/h2-4,7-9,15,19H,5-6H2,1H3. The van der Waals surface area contributed by atoms with E-state index >= 15 is 0 Å². The summed E-state index contributed by atoms with van der Waals surface area (Å²) in [6, 6.07) is 8.61. The predicted octanol–water partition coefficient (Wildman–Crippen LogP) is 3.04. The molecule has 1 aliphatic heterocycles. The van der Waals surface area contributed by atoms with Crippen LogP contribution in [0.4, 0.5) is 8.78 Å². The third kappa shape index (κ3) is 2.69. The smallest absolute Gasteiger partial charge is 0.166 e. The maximum atomic E-state index is 13.5. The summed E-state index contributed by atoms with van der Waals surface area (Å²) in [7, 11) is 1.73. The summed E-state index contributed by atoms with van der Waals surface area (Å²) in [6.45, 7) is 0.952. The van der Waals surface area contributed by atoms with E-state index in [1.165, 1.54) is 12.1 Å². The quantitative estimate of drug-likeness (QED) is 0.943. The van der Waals surface area contributed by atoms with Crippen molar-refractivity contribution in [1.82, 2.24) is 5.32 Å². The molecule has 0 amide bonds. The van der Waals surface area contributed by atoms with Crippen molar-refractivity contribution < 1.29 is 18.3 Å². The molecule has 1 atom stereocenters. The van der Waals surface area contributed by atoms with Gasteiger partial charge in [0.15, 0.2) is 11.5 Å². The van der Waals surface area contributed by atoms with Crippen molar-refractivity contribution >= 4 is 0 Å². The van der Waals surface area contributed by atoms with Gasteiger partial charge in [0, 0.05) is 11.6 Å². The molecule has 0 saturated carbocycles. The second-order valence-corrected chi connectivity index (χ2v) is 4.80. The van der Waals surface area contributed by atoms with Crippen LogP contribution in [0.25, 0.3) is 0 Å². The summed E-state index contributed by atoms with van der Waals surface area (Å²) < 4.78 is 38.1. The minimum Gasteiger partial charge on any atom is -0.486 e. The average molecular weight is 291 g/mol. The van der Waals surface area contributed by atoms with Crippen LogP contribution in [-0.2, 0) is 0 Å². The van der Waals surface area contributed by atoms with Gasteiger partial charge in [0.1, 0.15) is 24.8 Å². The Bertz CT molecular complexity index is 640. The molecule has 1 heterocycles. The fourth-order valence-corrected chi connectivity index (χ4v) is 2.57. The molecule has 3 rings (SSSR count). The van der Waals surface area contributed by atoms with Crippen LogP contribution in [0.2, 0.25) is 0 Å². The Kier molecular flexibility index (Phi) is 3.75. The van der Waals surface area contributed by atoms with Crippen LogP contribution in [0.5, 0.6) is 11.5 Å². The van der Waals surface area contributed by atoms with Gasteiger partial charge in [-0.2, -0.15) is 0 Å². The molecule has 3 nitrogen and oxygen atoms in total. The van der Waals surface area contributed by atoms with Gasteiger partial charge in [-0.15, -0.1) is 0 Å². The van der Waals surface area contributed by atoms with E-state index in [1.807, 2.05) is 18.2 Å². The minimum absolute atomic E-state index is 0.383. The molecule has 21 heavy (non-hydrogen) atoms. The average Bonchev–Trinajstić information content (AvgIpc) is 2.47. The van der Waals surface area contributed by atoms with E-state index in [0.29, 0.717) is 30.3 Å². The Morgan fingerprint density at radius 1 is 1.05 bits per heavy atom. The van der Waals surface area contributed by atoms with Gasteiger partial charge < -0.3 is 14.8 Å². The third-order valence-corrected chi connectivity index (χ3v) is 3.41. The fraction of sp³-hybridized carbons (Fsp3) is 0.250. The number of para-hydroxylation sites is 1. The van der Waals surface area contributed by atoms with Gasteiger partial charge in [0.25, 0.3) is 0 Å². The Morgan fingerprint density at radius 3 is 2.48 bits per heavy atom. The molecule has 2 aromatic carbocycles. The van der Waals surface area contributed by atoms with E-state index in [2.05, 4.69) is 5.32 Å². The lowest BCUT2D eigenvalue weighted by atomic mass is 9.97. The Hall–Kier alpha value is -2.14. The van der Waals surface area contributed by atoms with Gasteiger partial charge in [-0.1, -0.05) is 12.1 Å². The molecule has 0 aromatic heterocycles. The molecule has 0 aliphatic carbocycles. The van der Waals surface area contributed by atoms with Crippen molar-refractivity contribution in [2.75, 3.05) is 20.3 Å². The van der Waals surface area contributed by atoms with E-state index < -0.39 is 11.6 Å². The van der Waals surface area contributed by atoms with Crippen LogP contribution >= 0.6 is 0 Å². The Labute approximate surface area is 121 Å².